The average Bonchev–Trinajstić information content (AvgIpc) is 2.82. The summed E-state index contributed by atoms with van der Waals surface area (Å²) in [7, 11) is 3.69. The van der Waals surface area contributed by atoms with Crippen molar-refractivity contribution in [3.63, 3.8) is 0 Å². The van der Waals surface area contributed by atoms with Crippen LogP contribution in [-0.4, -0.2) is 27.5 Å². The molecule has 0 aliphatic rings. The molecule has 0 saturated heterocycles. The van der Waals surface area contributed by atoms with Crippen LogP contribution in [0.1, 0.15) is 36.8 Å². The van der Waals surface area contributed by atoms with E-state index in [0.717, 1.165) is 17.0 Å². The molecule has 0 aromatic carbocycles. The second kappa shape index (κ2) is 7.71. The first-order valence-electron chi connectivity index (χ1n) is 8.03. The molecule has 2 rings (SSSR count). The van der Waals surface area contributed by atoms with Crippen molar-refractivity contribution in [3.05, 3.63) is 52.6 Å². The second-order valence-corrected chi connectivity index (χ2v) is 6.93. The molecule has 0 radical (unpaired) electrons. The van der Waals surface area contributed by atoms with Crippen molar-refractivity contribution in [1.82, 2.24) is 19.8 Å². The van der Waals surface area contributed by atoms with Gasteiger partial charge in [-0.05, 0) is 30.5 Å². The Hall–Kier alpha value is -2.01. The van der Waals surface area contributed by atoms with Gasteiger partial charge in [-0.3, -0.25) is 4.98 Å². The average molecular weight is 349 g/mol. The SMILES string of the molecule is Cc1cccnc1[C@@H](NC(=O)N(C)Cc1cc(Cl)cn1C)C(C)C. The van der Waals surface area contributed by atoms with Crippen LogP contribution in [0, 0.1) is 12.8 Å². The molecule has 0 bridgehead atoms. The standard InChI is InChI=1S/C18H25ClN4O/c1-12(2)16(17-13(3)7-6-8-20-17)21-18(24)23(5)11-15-9-14(19)10-22(15)4/h6-10,12,16H,11H2,1-5H3,(H,21,24)/t16-/m0/s1. The van der Waals surface area contributed by atoms with E-state index in [4.69, 9.17) is 11.6 Å². The van der Waals surface area contributed by atoms with Crippen molar-refractivity contribution in [1.29, 1.82) is 0 Å². The topological polar surface area (TPSA) is 50.2 Å². The Morgan fingerprint density at radius 3 is 2.71 bits per heavy atom. The minimum Gasteiger partial charge on any atom is -0.351 e. The third-order valence-electron chi connectivity index (χ3n) is 4.11. The Kier molecular flexibility index (Phi) is 5.89. The Bertz CT molecular complexity index is 711. The number of carbonyl (C=O) groups excluding carboxylic acids is 1. The minimum atomic E-state index is -0.129. The molecule has 2 heterocycles. The Morgan fingerprint density at radius 1 is 1.46 bits per heavy atom. The highest BCUT2D eigenvalue weighted by Gasteiger charge is 2.23. The molecular weight excluding hydrogens is 324 g/mol. The molecule has 0 spiro atoms. The minimum absolute atomic E-state index is 0.127. The van der Waals surface area contributed by atoms with Gasteiger partial charge in [-0.15, -0.1) is 0 Å². The van der Waals surface area contributed by atoms with Gasteiger partial charge in [0.25, 0.3) is 0 Å². The number of hydrogen-bond acceptors (Lipinski definition) is 2. The van der Waals surface area contributed by atoms with E-state index in [1.807, 2.05) is 42.9 Å². The molecule has 2 aromatic rings. The van der Waals surface area contributed by atoms with Gasteiger partial charge in [-0.1, -0.05) is 31.5 Å². The van der Waals surface area contributed by atoms with Gasteiger partial charge in [0.05, 0.1) is 23.3 Å². The molecular formula is C18H25ClN4O. The predicted molar refractivity (Wildman–Crippen MR) is 97.0 cm³/mol. The summed E-state index contributed by atoms with van der Waals surface area (Å²) >= 11 is 6.00. The number of carbonyl (C=O) groups is 1. The molecule has 130 valence electrons. The van der Waals surface area contributed by atoms with Crippen molar-refractivity contribution in [2.24, 2.45) is 13.0 Å². The molecule has 2 aromatic heterocycles. The number of hydrogen-bond donors (Lipinski definition) is 1. The second-order valence-electron chi connectivity index (χ2n) is 6.49. The van der Waals surface area contributed by atoms with E-state index in [2.05, 4.69) is 24.1 Å². The molecule has 0 saturated carbocycles. The lowest BCUT2D eigenvalue weighted by atomic mass is 9.97. The molecule has 5 nitrogen and oxygen atoms in total. The zero-order valence-corrected chi connectivity index (χ0v) is 15.6. The fourth-order valence-electron chi connectivity index (χ4n) is 2.66. The summed E-state index contributed by atoms with van der Waals surface area (Å²) in [4.78, 5) is 18.7. The van der Waals surface area contributed by atoms with Crippen LogP contribution in [0.25, 0.3) is 0 Å². The lowest BCUT2D eigenvalue weighted by Gasteiger charge is -2.26. The van der Waals surface area contributed by atoms with Crippen LogP contribution in [-0.2, 0) is 13.6 Å². The highest BCUT2D eigenvalue weighted by molar-refractivity contribution is 6.30. The van der Waals surface area contributed by atoms with Crippen molar-refractivity contribution in [3.8, 4) is 0 Å². The molecule has 0 aliphatic carbocycles. The third kappa shape index (κ3) is 4.29. The fourth-order valence-corrected chi connectivity index (χ4v) is 2.93. The summed E-state index contributed by atoms with van der Waals surface area (Å²) in [6.07, 6.45) is 3.59. The maximum Gasteiger partial charge on any atom is 0.318 e. The molecule has 0 fully saturated rings. The van der Waals surface area contributed by atoms with E-state index >= 15 is 0 Å². The maximum absolute atomic E-state index is 12.6. The molecule has 1 atom stereocenters. The van der Waals surface area contributed by atoms with Gasteiger partial charge in [0.15, 0.2) is 0 Å². The van der Waals surface area contributed by atoms with Gasteiger partial charge in [-0.2, -0.15) is 0 Å². The molecule has 0 unspecified atom stereocenters. The van der Waals surface area contributed by atoms with Crippen molar-refractivity contribution in [2.75, 3.05) is 7.05 Å². The number of halogens is 1. The van der Waals surface area contributed by atoms with Crippen LogP contribution >= 0.6 is 11.6 Å². The van der Waals surface area contributed by atoms with Gasteiger partial charge in [0, 0.05) is 32.2 Å². The fraction of sp³-hybridized carbons (Fsp3) is 0.444. The lowest BCUT2D eigenvalue weighted by Crippen LogP contribution is -2.41. The van der Waals surface area contributed by atoms with Crippen LogP contribution in [0.5, 0.6) is 0 Å². The number of aromatic nitrogens is 2. The summed E-state index contributed by atoms with van der Waals surface area (Å²) in [5, 5.41) is 3.77. The highest BCUT2D eigenvalue weighted by Crippen LogP contribution is 2.23. The zero-order chi connectivity index (χ0) is 17.9. The third-order valence-corrected chi connectivity index (χ3v) is 4.32. The van der Waals surface area contributed by atoms with Gasteiger partial charge < -0.3 is 14.8 Å². The number of amides is 2. The first-order valence-corrected chi connectivity index (χ1v) is 8.41. The van der Waals surface area contributed by atoms with Gasteiger partial charge in [0.1, 0.15) is 0 Å². The Balaban J connectivity index is 2.10. The van der Waals surface area contributed by atoms with E-state index in [-0.39, 0.29) is 18.0 Å². The largest absolute Gasteiger partial charge is 0.351 e. The predicted octanol–water partition coefficient (Wildman–Crippen LogP) is 3.92. The van der Waals surface area contributed by atoms with E-state index < -0.39 is 0 Å². The normalized spacial score (nSPS) is 12.3. The zero-order valence-electron chi connectivity index (χ0n) is 14.9. The molecule has 0 aliphatic heterocycles. The van der Waals surface area contributed by atoms with Gasteiger partial charge in [0.2, 0.25) is 0 Å². The summed E-state index contributed by atoms with van der Waals surface area (Å²) < 4.78 is 1.93. The maximum atomic E-state index is 12.6. The van der Waals surface area contributed by atoms with E-state index in [1.165, 1.54) is 0 Å². The first-order chi connectivity index (χ1) is 11.3. The van der Waals surface area contributed by atoms with E-state index in [0.29, 0.717) is 11.6 Å². The van der Waals surface area contributed by atoms with Crippen molar-refractivity contribution in [2.45, 2.75) is 33.4 Å². The van der Waals surface area contributed by atoms with Crippen LogP contribution < -0.4 is 5.32 Å². The van der Waals surface area contributed by atoms with E-state index in [1.54, 1.807) is 18.1 Å². The summed E-state index contributed by atoms with van der Waals surface area (Å²) in [6, 6.07) is 5.53. The number of urea groups is 1. The van der Waals surface area contributed by atoms with Gasteiger partial charge >= 0.3 is 6.03 Å². The smallest absolute Gasteiger partial charge is 0.318 e. The molecule has 2 amide bonds. The monoisotopic (exact) mass is 348 g/mol. The molecule has 6 heteroatoms. The van der Waals surface area contributed by atoms with Crippen LogP contribution in [0.15, 0.2) is 30.6 Å². The Morgan fingerprint density at radius 2 is 2.17 bits per heavy atom. The lowest BCUT2D eigenvalue weighted by molar-refractivity contribution is 0.197. The quantitative estimate of drug-likeness (QED) is 0.890. The summed E-state index contributed by atoms with van der Waals surface area (Å²) in [5.74, 6) is 0.237. The van der Waals surface area contributed by atoms with Crippen LogP contribution in [0.3, 0.4) is 0 Å². The number of nitrogens with zero attached hydrogens (tertiary/aromatic N) is 3. The number of pyridine rings is 1. The molecule has 24 heavy (non-hydrogen) atoms. The van der Waals surface area contributed by atoms with Crippen LogP contribution in [0.2, 0.25) is 5.02 Å². The van der Waals surface area contributed by atoms with Crippen molar-refractivity contribution >= 4 is 17.6 Å². The summed E-state index contributed by atoms with van der Waals surface area (Å²) in [5.41, 5.74) is 2.97. The number of nitrogens with one attached hydrogen (secondary N) is 1. The first kappa shape index (κ1) is 18.3. The molecule has 1 N–H and O–H groups in total. The Labute approximate surface area is 148 Å². The van der Waals surface area contributed by atoms with Crippen molar-refractivity contribution < 1.29 is 4.79 Å². The summed E-state index contributed by atoms with van der Waals surface area (Å²) in [6.45, 7) is 6.66. The number of rotatable bonds is 5. The van der Waals surface area contributed by atoms with Crippen LogP contribution in [0.4, 0.5) is 4.79 Å². The van der Waals surface area contributed by atoms with E-state index in [9.17, 15) is 4.79 Å². The van der Waals surface area contributed by atoms with Gasteiger partial charge in [-0.25, -0.2) is 4.79 Å². The number of aryl methyl sites for hydroxylation is 2. The highest BCUT2D eigenvalue weighted by atomic mass is 35.5.